The van der Waals surface area contributed by atoms with Crippen molar-refractivity contribution in [3.8, 4) is 11.6 Å². The van der Waals surface area contributed by atoms with Gasteiger partial charge in [-0.25, -0.2) is 13.8 Å². The molecule has 0 saturated carbocycles. The predicted molar refractivity (Wildman–Crippen MR) is 114 cm³/mol. The lowest BCUT2D eigenvalue weighted by Gasteiger charge is -2.21. The van der Waals surface area contributed by atoms with Crippen LogP contribution in [0.15, 0.2) is 46.0 Å². The van der Waals surface area contributed by atoms with E-state index >= 15 is 0 Å². The highest BCUT2D eigenvalue weighted by Gasteiger charge is 2.25. The van der Waals surface area contributed by atoms with Crippen LogP contribution in [0.25, 0.3) is 11.6 Å². The summed E-state index contributed by atoms with van der Waals surface area (Å²) in [5.74, 6) is 1.45. The maximum Gasteiger partial charge on any atom is 0.216 e. The molecule has 1 unspecified atom stereocenters. The molecular formula is C21H25F2N7O. The van der Waals surface area contributed by atoms with Crippen LogP contribution >= 0.6 is 0 Å². The van der Waals surface area contributed by atoms with Crippen LogP contribution in [0.4, 0.5) is 14.5 Å². The number of aromatic nitrogens is 3. The minimum Gasteiger partial charge on any atom is -0.461 e. The molecule has 0 aliphatic carbocycles. The van der Waals surface area contributed by atoms with Gasteiger partial charge in [0.05, 0.1) is 12.0 Å². The number of benzene rings is 1. The van der Waals surface area contributed by atoms with Crippen molar-refractivity contribution in [3.63, 3.8) is 0 Å². The molecule has 164 valence electrons. The molecule has 31 heavy (non-hydrogen) atoms. The van der Waals surface area contributed by atoms with Gasteiger partial charge in [-0.2, -0.15) is 5.10 Å². The van der Waals surface area contributed by atoms with Gasteiger partial charge in [-0.15, -0.1) is 0 Å². The Hall–Kier alpha value is -3.43. The first-order valence-corrected chi connectivity index (χ1v) is 10.3. The zero-order valence-electron chi connectivity index (χ0n) is 17.2. The highest BCUT2D eigenvalue weighted by atomic mass is 19.1. The van der Waals surface area contributed by atoms with Crippen LogP contribution < -0.4 is 15.5 Å². The molecule has 4 rings (SSSR count). The van der Waals surface area contributed by atoms with E-state index in [0.29, 0.717) is 49.3 Å². The molecule has 8 nitrogen and oxygen atoms in total. The molecular weight excluding hydrogens is 404 g/mol. The maximum absolute atomic E-state index is 14.1. The zero-order valence-corrected chi connectivity index (χ0v) is 17.2. The summed E-state index contributed by atoms with van der Waals surface area (Å²) >= 11 is 0. The third kappa shape index (κ3) is 5.19. The highest BCUT2D eigenvalue weighted by Crippen LogP contribution is 2.24. The Kier molecular flexibility index (Phi) is 6.44. The fraction of sp³-hybridized carbons (Fsp3) is 0.381. The molecule has 1 atom stereocenters. The second kappa shape index (κ2) is 9.59. The van der Waals surface area contributed by atoms with Gasteiger partial charge >= 0.3 is 0 Å². The van der Waals surface area contributed by atoms with E-state index in [-0.39, 0.29) is 6.04 Å². The van der Waals surface area contributed by atoms with Gasteiger partial charge in [-0.1, -0.05) is 0 Å². The Labute approximate surface area is 178 Å². The van der Waals surface area contributed by atoms with Gasteiger partial charge in [0.15, 0.2) is 11.7 Å². The van der Waals surface area contributed by atoms with Gasteiger partial charge < -0.3 is 20.0 Å². The smallest absolute Gasteiger partial charge is 0.216 e. The monoisotopic (exact) mass is 429 g/mol. The average Bonchev–Trinajstić information content (AvgIpc) is 3.50. The molecule has 3 heterocycles. The summed E-state index contributed by atoms with van der Waals surface area (Å²) in [6.07, 6.45) is 3.01. The second-order valence-corrected chi connectivity index (χ2v) is 7.27. The second-order valence-electron chi connectivity index (χ2n) is 7.27. The molecule has 0 amide bonds. The quantitative estimate of drug-likeness (QED) is 0.395. The van der Waals surface area contributed by atoms with Crippen molar-refractivity contribution in [2.75, 3.05) is 31.1 Å². The number of hydrogen-bond acceptors (Lipinski definition) is 5. The molecule has 0 bridgehead atoms. The SMILES string of the molecule is CCNC(=NCCc1nc(-c2ccco2)n[nH]1)NC1CCN(c2ccc(F)cc2F)C1. The van der Waals surface area contributed by atoms with E-state index in [2.05, 4.69) is 30.8 Å². The molecule has 1 saturated heterocycles. The van der Waals surface area contributed by atoms with Crippen LogP contribution in [0.1, 0.15) is 19.2 Å². The molecule has 2 aromatic heterocycles. The Morgan fingerprint density at radius 2 is 2.26 bits per heavy atom. The first-order valence-electron chi connectivity index (χ1n) is 10.3. The minimum atomic E-state index is -0.570. The Bertz CT molecular complexity index is 1020. The van der Waals surface area contributed by atoms with Gasteiger partial charge in [0.1, 0.15) is 17.5 Å². The summed E-state index contributed by atoms with van der Waals surface area (Å²) in [6, 6.07) is 7.40. The van der Waals surface area contributed by atoms with E-state index in [9.17, 15) is 8.78 Å². The van der Waals surface area contributed by atoms with Crippen LogP contribution in [-0.4, -0.2) is 53.4 Å². The number of guanidine groups is 1. The number of halogens is 2. The van der Waals surface area contributed by atoms with Gasteiger partial charge in [0.2, 0.25) is 5.82 Å². The average molecular weight is 429 g/mol. The number of rotatable bonds is 7. The van der Waals surface area contributed by atoms with Gasteiger partial charge in [0.25, 0.3) is 0 Å². The topological polar surface area (TPSA) is 94.4 Å². The highest BCUT2D eigenvalue weighted by molar-refractivity contribution is 5.80. The lowest BCUT2D eigenvalue weighted by Crippen LogP contribution is -2.44. The molecule has 0 radical (unpaired) electrons. The predicted octanol–water partition coefficient (Wildman–Crippen LogP) is 2.72. The third-order valence-electron chi connectivity index (χ3n) is 5.02. The number of aromatic amines is 1. The Balaban J connectivity index is 1.32. The first kappa shape index (κ1) is 20.8. The largest absolute Gasteiger partial charge is 0.461 e. The summed E-state index contributed by atoms with van der Waals surface area (Å²) in [7, 11) is 0. The number of anilines is 1. The fourth-order valence-electron chi connectivity index (χ4n) is 3.54. The van der Waals surface area contributed by atoms with E-state index in [1.165, 1.54) is 12.1 Å². The standard InChI is InChI=1S/C21H25F2N7O/c1-2-24-21(25-9-7-19-27-20(29-28-19)18-4-3-11-31-18)26-15-8-10-30(13-15)17-6-5-14(22)12-16(17)23/h3-6,11-12,15H,2,7-10,13H2,1H3,(H2,24,25,26)(H,27,28,29). The molecule has 1 aliphatic rings. The minimum absolute atomic E-state index is 0.109. The summed E-state index contributed by atoms with van der Waals surface area (Å²) < 4.78 is 32.5. The lowest BCUT2D eigenvalue weighted by molar-refractivity contribution is 0.577. The van der Waals surface area contributed by atoms with Crippen molar-refractivity contribution in [3.05, 3.63) is 54.1 Å². The normalized spacial score (nSPS) is 16.7. The molecule has 0 spiro atoms. The van der Waals surface area contributed by atoms with Crippen LogP contribution in [0.5, 0.6) is 0 Å². The van der Waals surface area contributed by atoms with E-state index in [1.54, 1.807) is 18.4 Å². The van der Waals surface area contributed by atoms with Gasteiger partial charge in [-0.05, 0) is 37.6 Å². The van der Waals surface area contributed by atoms with Crippen LogP contribution in [0.2, 0.25) is 0 Å². The molecule has 3 N–H and O–H groups in total. The number of H-pyrrole nitrogens is 1. The van der Waals surface area contributed by atoms with Crippen LogP contribution in [0.3, 0.4) is 0 Å². The first-order chi connectivity index (χ1) is 15.1. The molecule has 10 heteroatoms. The van der Waals surface area contributed by atoms with E-state index in [0.717, 1.165) is 24.9 Å². The Morgan fingerprint density at radius 3 is 3.03 bits per heavy atom. The Morgan fingerprint density at radius 1 is 1.35 bits per heavy atom. The van der Waals surface area contributed by atoms with E-state index < -0.39 is 11.6 Å². The fourth-order valence-corrected chi connectivity index (χ4v) is 3.54. The van der Waals surface area contributed by atoms with Gasteiger partial charge in [0, 0.05) is 44.7 Å². The van der Waals surface area contributed by atoms with Crippen molar-refractivity contribution in [2.45, 2.75) is 25.8 Å². The number of nitrogens with one attached hydrogen (secondary N) is 3. The summed E-state index contributed by atoms with van der Waals surface area (Å²) in [6.45, 7) is 4.54. The van der Waals surface area contributed by atoms with E-state index in [1.807, 2.05) is 11.8 Å². The van der Waals surface area contributed by atoms with E-state index in [4.69, 9.17) is 4.42 Å². The lowest BCUT2D eigenvalue weighted by atomic mass is 10.2. The molecule has 1 fully saturated rings. The van der Waals surface area contributed by atoms with Crippen LogP contribution in [-0.2, 0) is 6.42 Å². The number of hydrogen-bond donors (Lipinski definition) is 3. The molecule has 3 aromatic rings. The molecule has 1 aliphatic heterocycles. The number of furan rings is 1. The zero-order chi connectivity index (χ0) is 21.6. The third-order valence-corrected chi connectivity index (χ3v) is 5.02. The van der Waals surface area contributed by atoms with Crippen molar-refractivity contribution in [2.24, 2.45) is 4.99 Å². The summed E-state index contributed by atoms with van der Waals surface area (Å²) in [4.78, 5) is 10.9. The van der Waals surface area contributed by atoms with Crippen molar-refractivity contribution >= 4 is 11.6 Å². The summed E-state index contributed by atoms with van der Waals surface area (Å²) in [5, 5.41) is 13.7. The van der Waals surface area contributed by atoms with Gasteiger partial charge in [-0.3, -0.25) is 10.1 Å². The molecule has 1 aromatic carbocycles. The van der Waals surface area contributed by atoms with Crippen LogP contribution in [0, 0.1) is 11.6 Å². The van der Waals surface area contributed by atoms with Crippen molar-refractivity contribution in [1.82, 2.24) is 25.8 Å². The number of aliphatic imine (C=N–C) groups is 1. The van der Waals surface area contributed by atoms with Crippen molar-refractivity contribution in [1.29, 1.82) is 0 Å². The van der Waals surface area contributed by atoms with Crippen molar-refractivity contribution < 1.29 is 13.2 Å². The summed E-state index contributed by atoms with van der Waals surface area (Å²) in [5.41, 5.74) is 0.422. The number of nitrogens with zero attached hydrogens (tertiary/aromatic N) is 4. The maximum atomic E-state index is 14.1.